The van der Waals surface area contributed by atoms with Crippen LogP contribution in [0.15, 0.2) is 12.2 Å². The SMILES string of the molecule is CC#CCC=CCCNC(C)(C)C. The third-order valence-corrected chi connectivity index (χ3v) is 1.53. The van der Waals surface area contributed by atoms with E-state index in [0.29, 0.717) is 0 Å². The summed E-state index contributed by atoms with van der Waals surface area (Å²) in [6.45, 7) is 9.45. The van der Waals surface area contributed by atoms with Gasteiger partial charge in [-0.1, -0.05) is 18.1 Å². The highest BCUT2D eigenvalue weighted by Crippen LogP contribution is 1.98. The molecule has 0 aliphatic rings. The maximum atomic E-state index is 3.43. The lowest BCUT2D eigenvalue weighted by Gasteiger charge is -2.19. The average Bonchev–Trinajstić information content (AvgIpc) is 2.01. The Labute approximate surface area is 82.6 Å². The van der Waals surface area contributed by atoms with E-state index in [0.717, 1.165) is 19.4 Å². The maximum absolute atomic E-state index is 3.43. The molecule has 0 spiro atoms. The fourth-order valence-electron chi connectivity index (χ4n) is 0.893. The van der Waals surface area contributed by atoms with Crippen molar-refractivity contribution in [3.8, 4) is 11.8 Å². The molecule has 0 heterocycles. The van der Waals surface area contributed by atoms with Gasteiger partial charge in [0.25, 0.3) is 0 Å². The van der Waals surface area contributed by atoms with E-state index in [2.05, 4.69) is 50.1 Å². The molecule has 0 bridgehead atoms. The van der Waals surface area contributed by atoms with Gasteiger partial charge in [0.1, 0.15) is 0 Å². The number of hydrogen-bond donors (Lipinski definition) is 1. The fraction of sp³-hybridized carbons (Fsp3) is 0.667. The quantitative estimate of drug-likeness (QED) is 0.397. The van der Waals surface area contributed by atoms with Gasteiger partial charge in [-0.15, -0.1) is 5.92 Å². The zero-order valence-corrected chi connectivity index (χ0v) is 9.28. The second-order valence-electron chi connectivity index (χ2n) is 4.07. The first-order chi connectivity index (χ1) is 6.06. The Kier molecular flexibility index (Phi) is 6.36. The van der Waals surface area contributed by atoms with Crippen LogP contribution in [-0.4, -0.2) is 12.1 Å². The number of hydrogen-bond acceptors (Lipinski definition) is 1. The van der Waals surface area contributed by atoms with Gasteiger partial charge in [-0.05, 0) is 40.7 Å². The molecule has 13 heavy (non-hydrogen) atoms. The first-order valence-electron chi connectivity index (χ1n) is 4.86. The Morgan fingerprint density at radius 2 is 1.92 bits per heavy atom. The summed E-state index contributed by atoms with van der Waals surface area (Å²) < 4.78 is 0. The van der Waals surface area contributed by atoms with Crippen molar-refractivity contribution in [3.05, 3.63) is 12.2 Å². The van der Waals surface area contributed by atoms with E-state index < -0.39 is 0 Å². The molecule has 0 radical (unpaired) electrons. The highest BCUT2D eigenvalue weighted by molar-refractivity contribution is 5.02. The lowest BCUT2D eigenvalue weighted by molar-refractivity contribution is 0.431. The number of rotatable bonds is 4. The van der Waals surface area contributed by atoms with Gasteiger partial charge in [0.2, 0.25) is 0 Å². The highest BCUT2D eigenvalue weighted by Gasteiger charge is 2.05. The maximum Gasteiger partial charge on any atom is 0.0269 e. The van der Waals surface area contributed by atoms with E-state index in [4.69, 9.17) is 0 Å². The summed E-state index contributed by atoms with van der Waals surface area (Å²) >= 11 is 0. The molecular weight excluding hydrogens is 158 g/mol. The van der Waals surface area contributed by atoms with Crippen LogP contribution in [0, 0.1) is 11.8 Å². The summed E-state index contributed by atoms with van der Waals surface area (Å²) in [7, 11) is 0. The Morgan fingerprint density at radius 1 is 1.23 bits per heavy atom. The Hall–Kier alpha value is -0.740. The molecule has 0 aliphatic carbocycles. The Balaban J connectivity index is 3.34. The zero-order chi connectivity index (χ0) is 10.2. The monoisotopic (exact) mass is 179 g/mol. The van der Waals surface area contributed by atoms with Crippen molar-refractivity contribution in [2.75, 3.05) is 6.54 Å². The van der Waals surface area contributed by atoms with Gasteiger partial charge in [-0.2, -0.15) is 0 Å². The predicted octanol–water partition coefficient (Wildman–Crippen LogP) is 2.73. The average molecular weight is 179 g/mol. The summed E-state index contributed by atoms with van der Waals surface area (Å²) in [4.78, 5) is 0. The Morgan fingerprint density at radius 3 is 2.46 bits per heavy atom. The van der Waals surface area contributed by atoms with Crippen LogP contribution in [0.3, 0.4) is 0 Å². The van der Waals surface area contributed by atoms with Crippen LogP contribution in [0.2, 0.25) is 0 Å². The molecule has 0 amide bonds. The van der Waals surface area contributed by atoms with Gasteiger partial charge < -0.3 is 5.32 Å². The summed E-state index contributed by atoms with van der Waals surface area (Å²) in [6, 6.07) is 0. The van der Waals surface area contributed by atoms with E-state index in [-0.39, 0.29) is 5.54 Å². The molecule has 74 valence electrons. The van der Waals surface area contributed by atoms with Crippen LogP contribution in [-0.2, 0) is 0 Å². The molecule has 0 aromatic rings. The molecule has 0 unspecified atom stereocenters. The first kappa shape index (κ1) is 12.3. The van der Waals surface area contributed by atoms with E-state index in [1.165, 1.54) is 0 Å². The van der Waals surface area contributed by atoms with E-state index >= 15 is 0 Å². The van der Waals surface area contributed by atoms with Gasteiger partial charge in [-0.25, -0.2) is 0 Å². The molecule has 0 aromatic heterocycles. The topological polar surface area (TPSA) is 12.0 Å². The molecule has 1 nitrogen and oxygen atoms in total. The third kappa shape index (κ3) is 11.3. The molecule has 0 rings (SSSR count). The molecule has 0 saturated carbocycles. The second kappa shape index (κ2) is 6.74. The summed E-state index contributed by atoms with van der Waals surface area (Å²) in [6.07, 6.45) is 6.28. The van der Waals surface area contributed by atoms with Crippen LogP contribution in [0.5, 0.6) is 0 Å². The van der Waals surface area contributed by atoms with E-state index in [9.17, 15) is 0 Å². The van der Waals surface area contributed by atoms with Crippen LogP contribution >= 0.6 is 0 Å². The van der Waals surface area contributed by atoms with Crippen molar-refractivity contribution in [2.24, 2.45) is 0 Å². The van der Waals surface area contributed by atoms with Gasteiger partial charge >= 0.3 is 0 Å². The summed E-state index contributed by atoms with van der Waals surface area (Å²) in [5.74, 6) is 5.86. The van der Waals surface area contributed by atoms with Gasteiger partial charge in [-0.3, -0.25) is 0 Å². The van der Waals surface area contributed by atoms with Gasteiger partial charge in [0, 0.05) is 12.0 Å². The van der Waals surface area contributed by atoms with Crippen molar-refractivity contribution in [1.82, 2.24) is 5.32 Å². The second-order valence-corrected chi connectivity index (χ2v) is 4.07. The first-order valence-corrected chi connectivity index (χ1v) is 4.86. The smallest absolute Gasteiger partial charge is 0.0269 e. The molecule has 1 N–H and O–H groups in total. The summed E-state index contributed by atoms with van der Waals surface area (Å²) in [5.41, 5.74) is 0.233. The lowest BCUT2D eigenvalue weighted by atomic mass is 10.1. The van der Waals surface area contributed by atoms with E-state index in [1.54, 1.807) is 0 Å². The van der Waals surface area contributed by atoms with Crippen molar-refractivity contribution in [1.29, 1.82) is 0 Å². The molecular formula is C12H21N. The Bertz CT molecular complexity index is 197. The molecule has 0 saturated heterocycles. The molecule has 0 aromatic carbocycles. The largest absolute Gasteiger partial charge is 0.312 e. The van der Waals surface area contributed by atoms with Crippen LogP contribution in [0.4, 0.5) is 0 Å². The third-order valence-electron chi connectivity index (χ3n) is 1.53. The van der Waals surface area contributed by atoms with Crippen molar-refractivity contribution in [2.45, 2.75) is 46.1 Å². The van der Waals surface area contributed by atoms with Crippen molar-refractivity contribution in [3.63, 3.8) is 0 Å². The van der Waals surface area contributed by atoms with E-state index in [1.807, 2.05) is 6.92 Å². The lowest BCUT2D eigenvalue weighted by Crippen LogP contribution is -2.36. The van der Waals surface area contributed by atoms with Gasteiger partial charge in [0.05, 0.1) is 0 Å². The normalized spacial score (nSPS) is 11.4. The highest BCUT2D eigenvalue weighted by atomic mass is 14.9. The van der Waals surface area contributed by atoms with Gasteiger partial charge in [0.15, 0.2) is 0 Å². The van der Waals surface area contributed by atoms with Crippen LogP contribution in [0.25, 0.3) is 0 Å². The molecule has 0 fully saturated rings. The molecule has 0 aliphatic heterocycles. The number of nitrogens with one attached hydrogen (secondary N) is 1. The van der Waals surface area contributed by atoms with Crippen LogP contribution in [0.1, 0.15) is 40.5 Å². The molecule has 1 heteroatoms. The predicted molar refractivity (Wildman–Crippen MR) is 59.6 cm³/mol. The fourth-order valence-corrected chi connectivity index (χ4v) is 0.893. The molecule has 0 atom stereocenters. The number of allylic oxidation sites excluding steroid dienone is 1. The van der Waals surface area contributed by atoms with Crippen molar-refractivity contribution < 1.29 is 0 Å². The minimum Gasteiger partial charge on any atom is -0.312 e. The minimum absolute atomic E-state index is 0.233. The summed E-state index contributed by atoms with van der Waals surface area (Å²) in [5, 5.41) is 3.43. The van der Waals surface area contributed by atoms with Crippen LogP contribution < -0.4 is 5.32 Å². The van der Waals surface area contributed by atoms with Crippen molar-refractivity contribution >= 4 is 0 Å². The zero-order valence-electron chi connectivity index (χ0n) is 9.28. The minimum atomic E-state index is 0.233. The standard InChI is InChI=1S/C12H21N/c1-5-6-7-8-9-10-11-13-12(2,3)4/h8-9,13H,7,10-11H2,1-4H3.